The van der Waals surface area contributed by atoms with Crippen LogP contribution in [0.3, 0.4) is 0 Å². The zero-order valence-corrected chi connectivity index (χ0v) is 17.3. The first kappa shape index (κ1) is 21.9. The molecule has 3 rings (SSSR count). The molecule has 0 aromatic heterocycles. The number of primary amides is 1. The standard InChI is InChI=1S/C25H26N2O4/c26-24(28)15-16-27(19-20-7-3-1-4-8-20)25(29)21-11-13-23(14-12-21)31-18-17-30-22-9-5-2-6-10-22/h1-14H,15-19H2,(H2,26,28). The van der Waals surface area contributed by atoms with Crippen LogP contribution in [0.4, 0.5) is 0 Å². The average molecular weight is 418 g/mol. The molecule has 160 valence electrons. The van der Waals surface area contributed by atoms with E-state index in [9.17, 15) is 9.59 Å². The fourth-order valence-electron chi connectivity index (χ4n) is 3.01. The lowest BCUT2D eigenvalue weighted by atomic mass is 10.1. The second kappa shape index (κ2) is 11.4. The Morgan fingerprint density at radius 1 is 0.742 bits per heavy atom. The smallest absolute Gasteiger partial charge is 0.254 e. The minimum absolute atomic E-state index is 0.112. The van der Waals surface area contributed by atoms with E-state index in [-0.39, 0.29) is 18.9 Å². The lowest BCUT2D eigenvalue weighted by Crippen LogP contribution is -2.33. The number of nitrogens with zero attached hydrogens (tertiary/aromatic N) is 1. The van der Waals surface area contributed by atoms with Crippen molar-refractivity contribution in [3.63, 3.8) is 0 Å². The summed E-state index contributed by atoms with van der Waals surface area (Å²) in [5.74, 6) is 0.845. The predicted octanol–water partition coefficient (Wildman–Crippen LogP) is 3.66. The molecule has 6 nitrogen and oxygen atoms in total. The Balaban J connectivity index is 1.56. The van der Waals surface area contributed by atoms with Gasteiger partial charge in [-0.25, -0.2) is 0 Å². The molecule has 0 aliphatic heterocycles. The van der Waals surface area contributed by atoms with E-state index in [4.69, 9.17) is 15.2 Å². The quantitative estimate of drug-likeness (QED) is 0.482. The second-order valence-electron chi connectivity index (χ2n) is 6.96. The normalized spacial score (nSPS) is 10.3. The zero-order valence-electron chi connectivity index (χ0n) is 17.3. The van der Waals surface area contributed by atoms with Crippen molar-refractivity contribution in [3.8, 4) is 11.5 Å². The molecule has 3 aromatic carbocycles. The van der Waals surface area contributed by atoms with Crippen LogP contribution in [-0.2, 0) is 11.3 Å². The van der Waals surface area contributed by atoms with Crippen LogP contribution in [0.15, 0.2) is 84.9 Å². The van der Waals surface area contributed by atoms with Crippen LogP contribution in [-0.4, -0.2) is 36.5 Å². The highest BCUT2D eigenvalue weighted by molar-refractivity contribution is 5.94. The summed E-state index contributed by atoms with van der Waals surface area (Å²) in [4.78, 5) is 25.9. The van der Waals surface area contributed by atoms with E-state index in [1.807, 2.05) is 60.7 Å². The Morgan fingerprint density at radius 3 is 1.87 bits per heavy atom. The van der Waals surface area contributed by atoms with Gasteiger partial charge in [0.1, 0.15) is 24.7 Å². The Bertz CT molecular complexity index is 960. The van der Waals surface area contributed by atoms with Gasteiger partial charge in [-0.2, -0.15) is 0 Å². The van der Waals surface area contributed by atoms with Crippen LogP contribution in [0.5, 0.6) is 11.5 Å². The second-order valence-corrected chi connectivity index (χ2v) is 6.96. The van der Waals surface area contributed by atoms with Gasteiger partial charge in [-0.15, -0.1) is 0 Å². The van der Waals surface area contributed by atoms with Crippen molar-refractivity contribution in [1.82, 2.24) is 4.90 Å². The maximum Gasteiger partial charge on any atom is 0.254 e. The van der Waals surface area contributed by atoms with Gasteiger partial charge >= 0.3 is 0 Å². The number of hydrogen-bond acceptors (Lipinski definition) is 4. The van der Waals surface area contributed by atoms with Crippen LogP contribution >= 0.6 is 0 Å². The van der Waals surface area contributed by atoms with Crippen molar-refractivity contribution in [3.05, 3.63) is 96.1 Å². The number of benzene rings is 3. The van der Waals surface area contributed by atoms with Crippen molar-refractivity contribution >= 4 is 11.8 Å². The van der Waals surface area contributed by atoms with Crippen LogP contribution < -0.4 is 15.2 Å². The Kier molecular flexibility index (Phi) is 8.05. The van der Waals surface area contributed by atoms with E-state index < -0.39 is 5.91 Å². The number of para-hydroxylation sites is 1. The van der Waals surface area contributed by atoms with Crippen LogP contribution in [0.2, 0.25) is 0 Å². The van der Waals surface area contributed by atoms with Crippen molar-refractivity contribution in [1.29, 1.82) is 0 Å². The molecule has 0 bridgehead atoms. The van der Waals surface area contributed by atoms with Gasteiger partial charge in [0.2, 0.25) is 5.91 Å². The van der Waals surface area contributed by atoms with Crippen molar-refractivity contribution in [2.45, 2.75) is 13.0 Å². The first-order valence-electron chi connectivity index (χ1n) is 10.1. The molecule has 2 N–H and O–H groups in total. The number of amides is 2. The largest absolute Gasteiger partial charge is 0.490 e. The van der Waals surface area contributed by atoms with Crippen molar-refractivity contribution in [2.24, 2.45) is 5.73 Å². The molecule has 0 spiro atoms. The first-order valence-corrected chi connectivity index (χ1v) is 10.1. The van der Waals surface area contributed by atoms with Crippen LogP contribution in [0.1, 0.15) is 22.3 Å². The molecule has 0 heterocycles. The van der Waals surface area contributed by atoms with Gasteiger partial charge in [-0.3, -0.25) is 9.59 Å². The maximum absolute atomic E-state index is 13.0. The maximum atomic E-state index is 13.0. The van der Waals surface area contributed by atoms with E-state index in [0.29, 0.717) is 31.1 Å². The van der Waals surface area contributed by atoms with Gasteiger partial charge in [-0.05, 0) is 42.0 Å². The summed E-state index contributed by atoms with van der Waals surface area (Å²) in [5, 5.41) is 0. The molecule has 2 amide bonds. The van der Waals surface area contributed by atoms with Gasteiger partial charge < -0.3 is 20.1 Å². The van der Waals surface area contributed by atoms with Crippen molar-refractivity contribution in [2.75, 3.05) is 19.8 Å². The minimum atomic E-state index is -0.438. The van der Waals surface area contributed by atoms with Crippen LogP contribution in [0.25, 0.3) is 0 Å². The number of hydrogen-bond donors (Lipinski definition) is 1. The fourth-order valence-corrected chi connectivity index (χ4v) is 3.01. The average Bonchev–Trinajstić information content (AvgIpc) is 2.81. The molecular weight excluding hydrogens is 392 g/mol. The van der Waals surface area contributed by atoms with Gasteiger partial charge in [-0.1, -0.05) is 48.5 Å². The SMILES string of the molecule is NC(=O)CCN(Cc1ccccc1)C(=O)c1ccc(OCCOc2ccccc2)cc1. The lowest BCUT2D eigenvalue weighted by molar-refractivity contribution is -0.118. The molecule has 0 radical (unpaired) electrons. The molecule has 0 unspecified atom stereocenters. The number of carbonyl (C=O) groups is 2. The summed E-state index contributed by atoms with van der Waals surface area (Å²) in [6.45, 7) is 1.48. The monoisotopic (exact) mass is 418 g/mol. The number of carbonyl (C=O) groups excluding carboxylic acids is 2. The molecule has 31 heavy (non-hydrogen) atoms. The predicted molar refractivity (Wildman–Crippen MR) is 119 cm³/mol. The van der Waals surface area contributed by atoms with Gasteiger partial charge in [0.25, 0.3) is 5.91 Å². The molecule has 0 aliphatic carbocycles. The summed E-state index contributed by atoms with van der Waals surface area (Å²) in [7, 11) is 0. The fraction of sp³-hybridized carbons (Fsp3) is 0.200. The molecular formula is C25H26N2O4. The third kappa shape index (κ3) is 7.19. The summed E-state index contributed by atoms with van der Waals surface area (Å²) in [5.41, 5.74) is 6.79. The lowest BCUT2D eigenvalue weighted by Gasteiger charge is -2.22. The van der Waals surface area contributed by atoms with Crippen molar-refractivity contribution < 1.29 is 19.1 Å². The third-order valence-electron chi connectivity index (χ3n) is 4.60. The van der Waals surface area contributed by atoms with E-state index >= 15 is 0 Å². The minimum Gasteiger partial charge on any atom is -0.490 e. The Hall–Kier alpha value is -3.80. The first-order chi connectivity index (χ1) is 15.1. The summed E-state index contributed by atoms with van der Waals surface area (Å²) >= 11 is 0. The van der Waals surface area contributed by atoms with E-state index in [0.717, 1.165) is 11.3 Å². The highest BCUT2D eigenvalue weighted by atomic mass is 16.5. The third-order valence-corrected chi connectivity index (χ3v) is 4.60. The Labute approximate surface area is 182 Å². The molecule has 3 aromatic rings. The molecule has 0 atom stereocenters. The van der Waals surface area contributed by atoms with Gasteiger partial charge in [0, 0.05) is 25.1 Å². The molecule has 0 aliphatic rings. The summed E-state index contributed by atoms with van der Waals surface area (Å²) in [6.07, 6.45) is 0.112. The summed E-state index contributed by atoms with van der Waals surface area (Å²) < 4.78 is 11.3. The molecule has 0 fully saturated rings. The highest BCUT2D eigenvalue weighted by Crippen LogP contribution is 2.16. The van der Waals surface area contributed by atoms with Crippen LogP contribution in [0, 0.1) is 0 Å². The highest BCUT2D eigenvalue weighted by Gasteiger charge is 2.17. The Morgan fingerprint density at radius 2 is 1.29 bits per heavy atom. The van der Waals surface area contributed by atoms with E-state index in [2.05, 4.69) is 0 Å². The van der Waals surface area contributed by atoms with Gasteiger partial charge in [0.15, 0.2) is 0 Å². The number of nitrogens with two attached hydrogens (primary N) is 1. The number of rotatable bonds is 11. The zero-order chi connectivity index (χ0) is 21.9. The van der Waals surface area contributed by atoms with E-state index in [1.165, 1.54) is 0 Å². The molecule has 6 heteroatoms. The molecule has 0 saturated heterocycles. The summed E-state index contributed by atoms with van der Waals surface area (Å²) in [6, 6.07) is 26.1. The van der Waals surface area contributed by atoms with Gasteiger partial charge in [0.05, 0.1) is 0 Å². The van der Waals surface area contributed by atoms with E-state index in [1.54, 1.807) is 29.2 Å². The topological polar surface area (TPSA) is 81.9 Å². The molecule has 0 saturated carbocycles. The number of ether oxygens (including phenoxy) is 2.